The van der Waals surface area contributed by atoms with Gasteiger partial charge in [0.2, 0.25) is 0 Å². The minimum atomic E-state index is 0. The van der Waals surface area contributed by atoms with Gasteiger partial charge in [-0.2, -0.15) is 0 Å². The summed E-state index contributed by atoms with van der Waals surface area (Å²) in [5.41, 5.74) is 0. The van der Waals surface area contributed by atoms with E-state index < -0.39 is 0 Å². The lowest BCUT2D eigenvalue weighted by molar-refractivity contribution is 0.324. The highest BCUT2D eigenvalue weighted by molar-refractivity contribution is 14.0. The van der Waals surface area contributed by atoms with Crippen LogP contribution in [-0.4, -0.2) is 67.8 Å². The number of nitrogens with one attached hydrogen (secondary N) is 1. The van der Waals surface area contributed by atoms with Gasteiger partial charge >= 0.3 is 0 Å². The van der Waals surface area contributed by atoms with Crippen LogP contribution in [0.1, 0.15) is 26.2 Å². The highest BCUT2D eigenvalue weighted by Gasteiger charge is 2.26. The lowest BCUT2D eigenvalue weighted by Crippen LogP contribution is -2.42. The number of guanidine groups is 1. The molecule has 2 heterocycles. The SMILES string of the molecule is CCCN1CCC(CNC(=NC)N2CCC(CSc3ccccc3)C2)C1.I. The first-order valence-electron chi connectivity index (χ1n) is 10.1. The molecule has 152 valence electrons. The van der Waals surface area contributed by atoms with Gasteiger partial charge in [-0.05, 0) is 56.3 Å². The van der Waals surface area contributed by atoms with Crippen LogP contribution in [0.5, 0.6) is 0 Å². The molecule has 2 atom stereocenters. The summed E-state index contributed by atoms with van der Waals surface area (Å²) in [6, 6.07) is 10.8. The van der Waals surface area contributed by atoms with E-state index in [0.717, 1.165) is 37.4 Å². The Bertz CT molecular complexity index is 569. The molecule has 2 aliphatic heterocycles. The summed E-state index contributed by atoms with van der Waals surface area (Å²) < 4.78 is 0. The van der Waals surface area contributed by atoms with E-state index in [1.165, 1.54) is 49.5 Å². The van der Waals surface area contributed by atoms with Gasteiger partial charge in [-0.15, -0.1) is 35.7 Å². The van der Waals surface area contributed by atoms with Gasteiger partial charge in [0.15, 0.2) is 5.96 Å². The molecule has 0 saturated carbocycles. The normalized spacial score (nSPS) is 23.5. The van der Waals surface area contributed by atoms with Crippen molar-refractivity contribution in [3.63, 3.8) is 0 Å². The quantitative estimate of drug-likeness (QED) is 0.264. The van der Waals surface area contributed by atoms with E-state index in [2.05, 4.69) is 57.4 Å². The fourth-order valence-corrected chi connectivity index (χ4v) is 5.11. The molecule has 1 aromatic rings. The zero-order valence-electron chi connectivity index (χ0n) is 16.8. The molecule has 6 heteroatoms. The molecule has 2 aliphatic rings. The largest absolute Gasteiger partial charge is 0.356 e. The Morgan fingerprint density at radius 1 is 1.15 bits per heavy atom. The summed E-state index contributed by atoms with van der Waals surface area (Å²) in [6.07, 6.45) is 3.85. The monoisotopic (exact) mass is 502 g/mol. The lowest BCUT2D eigenvalue weighted by atomic mass is 10.1. The Kier molecular flexibility index (Phi) is 10.3. The van der Waals surface area contributed by atoms with Crippen molar-refractivity contribution in [2.24, 2.45) is 16.8 Å². The predicted molar refractivity (Wildman–Crippen MR) is 128 cm³/mol. The third-order valence-electron chi connectivity index (χ3n) is 5.48. The zero-order valence-corrected chi connectivity index (χ0v) is 19.9. The highest BCUT2D eigenvalue weighted by Crippen LogP contribution is 2.26. The molecule has 2 saturated heterocycles. The van der Waals surface area contributed by atoms with Gasteiger partial charge < -0.3 is 15.1 Å². The average molecular weight is 503 g/mol. The molecule has 0 amide bonds. The van der Waals surface area contributed by atoms with Crippen molar-refractivity contribution in [1.29, 1.82) is 0 Å². The number of nitrogens with zero attached hydrogens (tertiary/aromatic N) is 3. The highest BCUT2D eigenvalue weighted by atomic mass is 127. The number of hydrogen-bond acceptors (Lipinski definition) is 3. The van der Waals surface area contributed by atoms with Crippen molar-refractivity contribution in [1.82, 2.24) is 15.1 Å². The molecular weight excluding hydrogens is 467 g/mol. The summed E-state index contributed by atoms with van der Waals surface area (Å²) in [4.78, 5) is 11.0. The van der Waals surface area contributed by atoms with E-state index in [4.69, 9.17) is 0 Å². The molecule has 0 aliphatic carbocycles. The molecule has 27 heavy (non-hydrogen) atoms. The fraction of sp³-hybridized carbons (Fsp3) is 0.667. The molecular formula is C21H35IN4S. The van der Waals surface area contributed by atoms with Crippen molar-refractivity contribution in [2.75, 3.05) is 52.1 Å². The van der Waals surface area contributed by atoms with Gasteiger partial charge in [-0.25, -0.2) is 0 Å². The van der Waals surface area contributed by atoms with Crippen LogP contribution in [0.4, 0.5) is 0 Å². The third-order valence-corrected chi connectivity index (χ3v) is 6.73. The Morgan fingerprint density at radius 2 is 1.93 bits per heavy atom. The predicted octanol–water partition coefficient (Wildman–Crippen LogP) is 4.03. The number of hydrogen-bond donors (Lipinski definition) is 1. The van der Waals surface area contributed by atoms with E-state index >= 15 is 0 Å². The van der Waals surface area contributed by atoms with Crippen LogP contribution >= 0.6 is 35.7 Å². The standard InChI is InChI=1S/C21H34N4S.HI/c1-3-11-24-12-9-18(15-24)14-23-21(22-2)25-13-10-19(16-25)17-26-20-7-5-4-6-8-20;/h4-8,18-19H,3,9-17H2,1-2H3,(H,22,23);1H. The second kappa shape index (κ2) is 12.2. The number of rotatable bonds is 7. The average Bonchev–Trinajstić information content (AvgIpc) is 3.32. The van der Waals surface area contributed by atoms with Crippen LogP contribution in [0.25, 0.3) is 0 Å². The molecule has 0 bridgehead atoms. The number of benzene rings is 1. The van der Waals surface area contributed by atoms with E-state index in [0.29, 0.717) is 0 Å². The maximum atomic E-state index is 4.55. The molecule has 2 fully saturated rings. The van der Waals surface area contributed by atoms with Gasteiger partial charge in [0.1, 0.15) is 0 Å². The third kappa shape index (κ3) is 7.13. The number of aliphatic imine (C=N–C) groups is 1. The molecule has 0 radical (unpaired) electrons. The molecule has 2 unspecified atom stereocenters. The molecule has 0 spiro atoms. The van der Waals surface area contributed by atoms with E-state index in [1.54, 1.807) is 0 Å². The van der Waals surface area contributed by atoms with Crippen LogP contribution in [0.3, 0.4) is 0 Å². The van der Waals surface area contributed by atoms with Crippen molar-refractivity contribution in [3.05, 3.63) is 30.3 Å². The minimum absolute atomic E-state index is 0. The number of thioether (sulfide) groups is 1. The summed E-state index contributed by atoms with van der Waals surface area (Å²) in [5, 5.41) is 3.65. The smallest absolute Gasteiger partial charge is 0.193 e. The summed E-state index contributed by atoms with van der Waals surface area (Å²) >= 11 is 1.99. The minimum Gasteiger partial charge on any atom is -0.356 e. The fourth-order valence-electron chi connectivity index (χ4n) is 4.06. The maximum absolute atomic E-state index is 4.55. The van der Waals surface area contributed by atoms with Crippen molar-refractivity contribution < 1.29 is 0 Å². The van der Waals surface area contributed by atoms with E-state index in [1.807, 2.05) is 18.8 Å². The second-order valence-corrected chi connectivity index (χ2v) is 8.70. The maximum Gasteiger partial charge on any atom is 0.193 e. The Hall–Kier alpha value is -0.470. The molecule has 1 N–H and O–H groups in total. The summed E-state index contributed by atoms with van der Waals surface area (Å²) in [6.45, 7) is 9.35. The van der Waals surface area contributed by atoms with E-state index in [9.17, 15) is 0 Å². The molecule has 3 rings (SSSR count). The first kappa shape index (κ1) is 22.8. The number of likely N-dealkylation sites (tertiary alicyclic amines) is 2. The van der Waals surface area contributed by atoms with Crippen LogP contribution in [0.15, 0.2) is 40.2 Å². The first-order chi connectivity index (χ1) is 12.8. The van der Waals surface area contributed by atoms with Crippen molar-refractivity contribution in [2.45, 2.75) is 31.1 Å². The van der Waals surface area contributed by atoms with Gasteiger partial charge in [-0.1, -0.05) is 25.1 Å². The van der Waals surface area contributed by atoms with Crippen molar-refractivity contribution >= 4 is 41.7 Å². The number of halogens is 1. The van der Waals surface area contributed by atoms with Gasteiger partial charge in [0, 0.05) is 43.9 Å². The van der Waals surface area contributed by atoms with Gasteiger partial charge in [0.05, 0.1) is 0 Å². The Morgan fingerprint density at radius 3 is 2.67 bits per heavy atom. The van der Waals surface area contributed by atoms with Crippen LogP contribution in [0.2, 0.25) is 0 Å². The van der Waals surface area contributed by atoms with Crippen LogP contribution in [-0.2, 0) is 0 Å². The topological polar surface area (TPSA) is 30.9 Å². The van der Waals surface area contributed by atoms with Crippen LogP contribution < -0.4 is 5.32 Å². The van der Waals surface area contributed by atoms with Crippen LogP contribution in [0, 0.1) is 11.8 Å². The zero-order chi connectivity index (χ0) is 18.2. The summed E-state index contributed by atoms with van der Waals surface area (Å²) in [7, 11) is 1.92. The molecule has 4 nitrogen and oxygen atoms in total. The molecule has 1 aromatic carbocycles. The first-order valence-corrected chi connectivity index (χ1v) is 11.1. The second-order valence-electron chi connectivity index (χ2n) is 7.61. The Labute approximate surface area is 186 Å². The van der Waals surface area contributed by atoms with Gasteiger partial charge in [-0.3, -0.25) is 4.99 Å². The molecule has 0 aromatic heterocycles. The summed E-state index contributed by atoms with van der Waals surface area (Å²) in [5.74, 6) is 3.83. The lowest BCUT2D eigenvalue weighted by Gasteiger charge is -2.23. The van der Waals surface area contributed by atoms with E-state index in [-0.39, 0.29) is 24.0 Å². The van der Waals surface area contributed by atoms with Crippen molar-refractivity contribution in [3.8, 4) is 0 Å². The van der Waals surface area contributed by atoms with Gasteiger partial charge in [0.25, 0.3) is 0 Å². The Balaban J connectivity index is 0.00000261.